The molecule has 4 rings (SSSR count). The Morgan fingerprint density at radius 2 is 2.26 bits per heavy atom. The maximum absolute atomic E-state index is 14.3. The van der Waals surface area contributed by atoms with Crippen molar-refractivity contribution in [1.29, 1.82) is 0 Å². The molecule has 1 saturated heterocycles. The second-order valence-electron chi connectivity index (χ2n) is 7.46. The molecular formula is C19H26F2N6. The SMILES string of the molecule is CN1Nc2ncccc2C1C1=C(C(C)(F)F)C=CC(NCC2CCCN2)N1. The number of alkyl halides is 2. The van der Waals surface area contributed by atoms with E-state index in [-0.39, 0.29) is 17.8 Å². The van der Waals surface area contributed by atoms with E-state index in [1.54, 1.807) is 18.3 Å². The van der Waals surface area contributed by atoms with Gasteiger partial charge in [-0.2, -0.15) is 0 Å². The first kappa shape index (κ1) is 18.3. The quantitative estimate of drug-likeness (QED) is 0.632. The predicted molar refractivity (Wildman–Crippen MR) is 101 cm³/mol. The number of allylic oxidation sites excluding steroid dienone is 2. The van der Waals surface area contributed by atoms with Crippen molar-refractivity contribution in [2.45, 2.75) is 43.9 Å². The number of dihydropyridines is 1. The summed E-state index contributed by atoms with van der Waals surface area (Å²) in [6.45, 7) is 2.78. The summed E-state index contributed by atoms with van der Waals surface area (Å²) in [6.07, 6.45) is 7.14. The minimum Gasteiger partial charge on any atom is -0.368 e. The second-order valence-corrected chi connectivity index (χ2v) is 7.46. The van der Waals surface area contributed by atoms with Gasteiger partial charge in [0.2, 0.25) is 0 Å². The highest BCUT2D eigenvalue weighted by molar-refractivity contribution is 5.54. The lowest BCUT2D eigenvalue weighted by molar-refractivity contribution is 0.0636. The summed E-state index contributed by atoms with van der Waals surface area (Å²) in [5.74, 6) is -2.24. The molecule has 1 aromatic heterocycles. The first-order chi connectivity index (χ1) is 12.9. The lowest BCUT2D eigenvalue weighted by Crippen LogP contribution is -2.49. The molecule has 1 fully saturated rings. The Bertz CT molecular complexity index is 751. The number of nitrogens with one attached hydrogen (secondary N) is 4. The number of nitrogens with zero attached hydrogens (tertiary/aromatic N) is 2. The normalized spacial score (nSPS) is 28.2. The van der Waals surface area contributed by atoms with E-state index in [0.717, 1.165) is 32.0 Å². The third-order valence-corrected chi connectivity index (χ3v) is 5.35. The van der Waals surface area contributed by atoms with Gasteiger partial charge in [-0.1, -0.05) is 12.1 Å². The monoisotopic (exact) mass is 376 g/mol. The van der Waals surface area contributed by atoms with E-state index in [1.807, 2.05) is 24.2 Å². The standard InChI is InChI=1S/C19H26F2N6/c1-19(20,21)14-7-8-15(24-11-12-5-3-9-22-12)25-16(14)17-13-6-4-10-23-18(13)26-27(17)2/h4,6-8,10,12,15,17,22,24-25H,3,5,9,11H2,1-2H3,(H,23,26). The number of hydrogen-bond donors (Lipinski definition) is 4. The molecular weight excluding hydrogens is 350 g/mol. The molecule has 3 aliphatic rings. The summed E-state index contributed by atoms with van der Waals surface area (Å²) in [5.41, 5.74) is 4.55. The van der Waals surface area contributed by atoms with E-state index >= 15 is 0 Å². The van der Waals surface area contributed by atoms with Crippen molar-refractivity contribution in [2.24, 2.45) is 0 Å². The van der Waals surface area contributed by atoms with Gasteiger partial charge in [-0.15, -0.1) is 0 Å². The Morgan fingerprint density at radius 3 is 3.00 bits per heavy atom. The van der Waals surface area contributed by atoms with E-state index in [2.05, 4.69) is 26.4 Å². The Morgan fingerprint density at radius 1 is 1.41 bits per heavy atom. The summed E-state index contributed by atoms with van der Waals surface area (Å²) in [4.78, 5) is 4.32. The molecule has 0 amide bonds. The van der Waals surface area contributed by atoms with Crippen LogP contribution in [-0.2, 0) is 0 Å². The summed E-state index contributed by atoms with van der Waals surface area (Å²) in [7, 11) is 1.84. The topological polar surface area (TPSA) is 64.2 Å². The fourth-order valence-corrected chi connectivity index (χ4v) is 4.03. The zero-order valence-corrected chi connectivity index (χ0v) is 15.6. The third kappa shape index (κ3) is 3.69. The largest absolute Gasteiger partial charge is 0.368 e. The van der Waals surface area contributed by atoms with E-state index in [0.29, 0.717) is 17.6 Å². The van der Waals surface area contributed by atoms with Gasteiger partial charge < -0.3 is 16.1 Å². The number of halogens is 2. The molecule has 1 aromatic rings. The van der Waals surface area contributed by atoms with Crippen LogP contribution in [0.4, 0.5) is 14.6 Å². The number of rotatable bonds is 5. The highest BCUT2D eigenvalue weighted by Crippen LogP contribution is 2.41. The van der Waals surface area contributed by atoms with Gasteiger partial charge in [0, 0.05) is 49.6 Å². The van der Waals surface area contributed by atoms with Crippen molar-refractivity contribution in [3.8, 4) is 0 Å². The van der Waals surface area contributed by atoms with Gasteiger partial charge in [-0.25, -0.2) is 18.8 Å². The van der Waals surface area contributed by atoms with Gasteiger partial charge in [0.1, 0.15) is 5.82 Å². The molecule has 6 nitrogen and oxygen atoms in total. The summed E-state index contributed by atoms with van der Waals surface area (Å²) >= 11 is 0. The molecule has 146 valence electrons. The maximum Gasteiger partial charge on any atom is 0.272 e. The first-order valence-electron chi connectivity index (χ1n) is 9.42. The van der Waals surface area contributed by atoms with Crippen LogP contribution in [0.3, 0.4) is 0 Å². The number of hydrogen-bond acceptors (Lipinski definition) is 6. The minimum atomic E-state index is -2.94. The van der Waals surface area contributed by atoms with Crippen LogP contribution in [0.2, 0.25) is 0 Å². The summed E-state index contributed by atoms with van der Waals surface area (Å²) in [5, 5.41) is 12.0. The Kier molecular flexibility index (Phi) is 4.88. The molecule has 8 heteroatoms. The van der Waals surface area contributed by atoms with Crippen molar-refractivity contribution in [2.75, 3.05) is 25.6 Å². The van der Waals surface area contributed by atoms with Crippen LogP contribution < -0.4 is 21.4 Å². The average molecular weight is 376 g/mol. The van der Waals surface area contributed by atoms with Crippen LogP contribution in [0.1, 0.15) is 31.4 Å². The molecule has 0 radical (unpaired) electrons. The molecule has 4 N–H and O–H groups in total. The zero-order valence-electron chi connectivity index (χ0n) is 15.6. The maximum atomic E-state index is 14.3. The van der Waals surface area contributed by atoms with Crippen LogP contribution >= 0.6 is 0 Å². The molecule has 3 unspecified atom stereocenters. The van der Waals surface area contributed by atoms with Crippen LogP contribution in [0.25, 0.3) is 0 Å². The number of aromatic nitrogens is 1. The van der Waals surface area contributed by atoms with Crippen LogP contribution in [0, 0.1) is 0 Å². The molecule has 3 aliphatic heterocycles. The van der Waals surface area contributed by atoms with Gasteiger partial charge in [0.15, 0.2) is 0 Å². The summed E-state index contributed by atoms with van der Waals surface area (Å²) in [6, 6.07) is 3.83. The molecule has 0 bridgehead atoms. The zero-order chi connectivity index (χ0) is 19.0. The van der Waals surface area contributed by atoms with Gasteiger partial charge in [0.05, 0.1) is 12.2 Å². The molecule has 4 heterocycles. The van der Waals surface area contributed by atoms with Crippen molar-refractivity contribution >= 4 is 5.82 Å². The molecule has 3 atom stereocenters. The lowest BCUT2D eigenvalue weighted by Gasteiger charge is -2.34. The number of anilines is 1. The van der Waals surface area contributed by atoms with E-state index in [4.69, 9.17) is 0 Å². The van der Waals surface area contributed by atoms with Crippen molar-refractivity contribution < 1.29 is 8.78 Å². The minimum absolute atomic E-state index is 0.00916. The Balaban J connectivity index is 1.60. The van der Waals surface area contributed by atoms with Gasteiger partial charge in [0.25, 0.3) is 5.92 Å². The highest BCUT2D eigenvalue weighted by atomic mass is 19.3. The van der Waals surface area contributed by atoms with Crippen molar-refractivity contribution in [1.82, 2.24) is 25.9 Å². The third-order valence-electron chi connectivity index (χ3n) is 5.35. The lowest BCUT2D eigenvalue weighted by atomic mass is 9.95. The average Bonchev–Trinajstić information content (AvgIpc) is 3.25. The smallest absolute Gasteiger partial charge is 0.272 e. The van der Waals surface area contributed by atoms with Crippen molar-refractivity contribution in [3.63, 3.8) is 0 Å². The molecule has 0 aromatic carbocycles. The fraction of sp³-hybridized carbons (Fsp3) is 0.526. The molecule has 0 aliphatic carbocycles. The molecule has 27 heavy (non-hydrogen) atoms. The number of fused-ring (bicyclic) bond motifs is 1. The summed E-state index contributed by atoms with van der Waals surface area (Å²) < 4.78 is 28.7. The van der Waals surface area contributed by atoms with Gasteiger partial charge in [-0.05, 0) is 31.5 Å². The highest BCUT2D eigenvalue weighted by Gasteiger charge is 2.39. The number of pyridine rings is 1. The van der Waals surface area contributed by atoms with Gasteiger partial charge in [-0.3, -0.25) is 5.32 Å². The first-order valence-corrected chi connectivity index (χ1v) is 9.42. The molecule has 0 spiro atoms. The van der Waals surface area contributed by atoms with Crippen molar-refractivity contribution in [3.05, 3.63) is 47.3 Å². The Labute approximate surface area is 158 Å². The Hall–Kier alpha value is -2.03. The fourth-order valence-electron chi connectivity index (χ4n) is 4.03. The number of likely N-dealkylation sites (N-methyl/N-ethyl adjacent to an activating group) is 1. The van der Waals surface area contributed by atoms with E-state index in [9.17, 15) is 8.78 Å². The van der Waals surface area contributed by atoms with Crippen LogP contribution in [0.15, 0.2) is 41.8 Å². The predicted octanol–water partition coefficient (Wildman–Crippen LogP) is 2.13. The second kappa shape index (κ2) is 7.18. The number of hydrazine groups is 1. The van der Waals surface area contributed by atoms with E-state index in [1.165, 1.54) is 6.42 Å². The van der Waals surface area contributed by atoms with Crippen LogP contribution in [0.5, 0.6) is 0 Å². The van der Waals surface area contributed by atoms with E-state index < -0.39 is 5.92 Å². The van der Waals surface area contributed by atoms with Crippen LogP contribution in [-0.4, -0.2) is 48.3 Å². The molecule has 0 saturated carbocycles. The van der Waals surface area contributed by atoms with Gasteiger partial charge >= 0.3 is 0 Å².